The third-order valence-electron chi connectivity index (χ3n) is 2.20. The molecule has 2 N–H and O–H groups in total. The first-order chi connectivity index (χ1) is 7.33. The molecule has 0 saturated carbocycles. The molecule has 1 rings (SSSR count). The van der Waals surface area contributed by atoms with Crippen LogP contribution in [0.3, 0.4) is 0 Å². The zero-order valence-electron chi connectivity index (χ0n) is 10.3. The van der Waals surface area contributed by atoms with E-state index in [-0.39, 0.29) is 5.97 Å². The van der Waals surface area contributed by atoms with Gasteiger partial charge in [-0.3, -0.25) is 0 Å². The van der Waals surface area contributed by atoms with Crippen LogP contribution in [0.2, 0.25) is 0 Å². The predicted octanol–water partition coefficient (Wildman–Crippen LogP) is 2.41. The molecule has 0 unspecified atom stereocenters. The number of nitrogens with two attached hydrogens (primary N) is 1. The Labute approximate surface area is 96.6 Å². The smallest absolute Gasteiger partial charge is 0.338 e. The summed E-state index contributed by atoms with van der Waals surface area (Å²) < 4.78 is 5.28. The second-order valence-corrected chi connectivity index (χ2v) is 4.85. The fraction of sp³-hybridized carbons (Fsp3) is 0.462. The molecule has 0 aliphatic carbocycles. The van der Waals surface area contributed by atoms with Gasteiger partial charge in [0.05, 0.1) is 5.56 Å². The molecule has 3 heteroatoms. The summed E-state index contributed by atoms with van der Waals surface area (Å²) in [5.74, 6) is -0.304. The second-order valence-electron chi connectivity index (χ2n) is 4.85. The zero-order chi connectivity index (χ0) is 12.3. The minimum atomic E-state index is -0.467. The van der Waals surface area contributed by atoms with E-state index < -0.39 is 5.60 Å². The molecule has 0 atom stereocenters. The number of rotatable bonds is 2. The molecule has 88 valence electrons. The Balaban J connectivity index is 2.93. The monoisotopic (exact) mass is 221 g/mol. The van der Waals surface area contributed by atoms with Crippen molar-refractivity contribution in [2.75, 3.05) is 0 Å². The predicted molar refractivity (Wildman–Crippen MR) is 64.2 cm³/mol. The lowest BCUT2D eigenvalue weighted by Crippen LogP contribution is -2.24. The Morgan fingerprint density at radius 1 is 1.38 bits per heavy atom. The van der Waals surface area contributed by atoms with Crippen molar-refractivity contribution in [2.24, 2.45) is 5.73 Å². The van der Waals surface area contributed by atoms with Crippen LogP contribution in [0.1, 0.15) is 42.3 Å². The quantitative estimate of drug-likeness (QED) is 0.780. The maximum atomic E-state index is 11.8. The van der Waals surface area contributed by atoms with Crippen LogP contribution in [-0.4, -0.2) is 11.6 Å². The van der Waals surface area contributed by atoms with Crippen LogP contribution in [0, 0.1) is 6.92 Å². The van der Waals surface area contributed by atoms with Crippen LogP contribution in [0.5, 0.6) is 0 Å². The van der Waals surface area contributed by atoms with Gasteiger partial charge in [-0.25, -0.2) is 4.79 Å². The number of hydrogen-bond acceptors (Lipinski definition) is 3. The molecule has 16 heavy (non-hydrogen) atoms. The lowest BCUT2D eigenvalue weighted by Gasteiger charge is -2.19. The number of esters is 1. The molecular formula is C13H19NO2. The molecule has 0 amide bonds. The van der Waals surface area contributed by atoms with Gasteiger partial charge in [-0.1, -0.05) is 6.07 Å². The van der Waals surface area contributed by atoms with Crippen LogP contribution in [0.15, 0.2) is 18.2 Å². The third kappa shape index (κ3) is 3.35. The topological polar surface area (TPSA) is 52.3 Å². The summed E-state index contributed by atoms with van der Waals surface area (Å²) in [4.78, 5) is 11.8. The lowest BCUT2D eigenvalue weighted by molar-refractivity contribution is 0.00694. The Morgan fingerprint density at radius 2 is 2.00 bits per heavy atom. The summed E-state index contributed by atoms with van der Waals surface area (Å²) in [5.41, 5.74) is 7.75. The number of benzene rings is 1. The average molecular weight is 221 g/mol. The average Bonchev–Trinajstić information content (AvgIpc) is 2.15. The lowest BCUT2D eigenvalue weighted by atomic mass is 10.0. The normalized spacial score (nSPS) is 11.3. The number of hydrogen-bond donors (Lipinski definition) is 1. The van der Waals surface area contributed by atoms with Gasteiger partial charge in [-0.15, -0.1) is 0 Å². The van der Waals surface area contributed by atoms with Gasteiger partial charge in [0, 0.05) is 6.54 Å². The summed E-state index contributed by atoms with van der Waals surface area (Å²) in [6.07, 6.45) is 0. The van der Waals surface area contributed by atoms with Gasteiger partial charge in [0.25, 0.3) is 0 Å². The van der Waals surface area contributed by atoms with Crippen molar-refractivity contribution >= 4 is 5.97 Å². The fourth-order valence-electron chi connectivity index (χ4n) is 1.36. The summed E-state index contributed by atoms with van der Waals surface area (Å²) in [5, 5.41) is 0. The third-order valence-corrected chi connectivity index (χ3v) is 2.20. The largest absolute Gasteiger partial charge is 0.456 e. The summed E-state index contributed by atoms with van der Waals surface area (Å²) >= 11 is 0. The van der Waals surface area contributed by atoms with Crippen molar-refractivity contribution < 1.29 is 9.53 Å². The number of carbonyl (C=O) groups excluding carboxylic acids is 1. The van der Waals surface area contributed by atoms with Crippen LogP contribution in [0.25, 0.3) is 0 Å². The SMILES string of the molecule is Cc1ccc(C(=O)OC(C)(C)C)cc1CN. The van der Waals surface area contributed by atoms with Crippen molar-refractivity contribution in [1.29, 1.82) is 0 Å². The molecule has 0 fully saturated rings. The van der Waals surface area contributed by atoms with Crippen LogP contribution >= 0.6 is 0 Å². The highest BCUT2D eigenvalue weighted by atomic mass is 16.6. The molecule has 0 aliphatic rings. The second kappa shape index (κ2) is 4.66. The maximum absolute atomic E-state index is 11.8. The van der Waals surface area contributed by atoms with Gasteiger partial charge >= 0.3 is 5.97 Å². The molecule has 0 heterocycles. The molecule has 0 aromatic heterocycles. The molecule has 0 aliphatic heterocycles. The zero-order valence-corrected chi connectivity index (χ0v) is 10.3. The van der Waals surface area contributed by atoms with Gasteiger partial charge in [-0.2, -0.15) is 0 Å². The van der Waals surface area contributed by atoms with E-state index in [0.29, 0.717) is 12.1 Å². The minimum absolute atomic E-state index is 0.304. The van der Waals surface area contributed by atoms with Crippen LogP contribution < -0.4 is 5.73 Å². The number of ether oxygens (including phenoxy) is 1. The Kier molecular flexibility index (Phi) is 3.70. The Morgan fingerprint density at radius 3 is 2.50 bits per heavy atom. The van der Waals surface area contributed by atoms with E-state index in [1.165, 1.54) is 0 Å². The van der Waals surface area contributed by atoms with E-state index in [0.717, 1.165) is 11.1 Å². The molecule has 3 nitrogen and oxygen atoms in total. The van der Waals surface area contributed by atoms with E-state index >= 15 is 0 Å². The first-order valence-electron chi connectivity index (χ1n) is 5.36. The van der Waals surface area contributed by atoms with Crippen molar-refractivity contribution in [2.45, 2.75) is 39.8 Å². The van der Waals surface area contributed by atoms with Crippen molar-refractivity contribution in [3.63, 3.8) is 0 Å². The van der Waals surface area contributed by atoms with Crippen LogP contribution in [0.4, 0.5) is 0 Å². The Bertz CT molecular complexity index is 391. The highest BCUT2D eigenvalue weighted by molar-refractivity contribution is 5.90. The van der Waals surface area contributed by atoms with E-state index in [9.17, 15) is 4.79 Å². The van der Waals surface area contributed by atoms with Crippen molar-refractivity contribution in [3.8, 4) is 0 Å². The molecule has 0 saturated heterocycles. The minimum Gasteiger partial charge on any atom is -0.456 e. The van der Waals surface area contributed by atoms with E-state index in [2.05, 4.69) is 0 Å². The molecule has 1 aromatic carbocycles. The first kappa shape index (κ1) is 12.7. The molecule has 1 aromatic rings. The summed E-state index contributed by atoms with van der Waals surface area (Å²) in [6, 6.07) is 5.45. The molecule has 0 bridgehead atoms. The fourth-order valence-corrected chi connectivity index (χ4v) is 1.36. The van der Waals surface area contributed by atoms with Crippen LogP contribution in [-0.2, 0) is 11.3 Å². The molecular weight excluding hydrogens is 202 g/mol. The maximum Gasteiger partial charge on any atom is 0.338 e. The summed E-state index contributed by atoms with van der Waals surface area (Å²) in [6.45, 7) is 7.96. The standard InChI is InChI=1S/C13H19NO2/c1-9-5-6-10(7-11(9)8-14)12(15)16-13(2,3)4/h5-7H,8,14H2,1-4H3. The highest BCUT2D eigenvalue weighted by Crippen LogP contribution is 2.15. The molecule has 0 radical (unpaired) electrons. The van der Waals surface area contributed by atoms with E-state index in [4.69, 9.17) is 10.5 Å². The highest BCUT2D eigenvalue weighted by Gasteiger charge is 2.18. The first-order valence-corrected chi connectivity index (χ1v) is 5.36. The van der Waals surface area contributed by atoms with E-state index in [1.54, 1.807) is 12.1 Å². The summed E-state index contributed by atoms with van der Waals surface area (Å²) in [7, 11) is 0. The number of aryl methyl sites for hydroxylation is 1. The van der Waals surface area contributed by atoms with Crippen molar-refractivity contribution in [1.82, 2.24) is 0 Å². The Hall–Kier alpha value is -1.35. The van der Waals surface area contributed by atoms with Gasteiger partial charge in [-0.05, 0) is 51.0 Å². The van der Waals surface area contributed by atoms with E-state index in [1.807, 2.05) is 33.8 Å². The number of carbonyl (C=O) groups is 1. The van der Waals surface area contributed by atoms with Gasteiger partial charge in [0.15, 0.2) is 0 Å². The van der Waals surface area contributed by atoms with Gasteiger partial charge in [0.1, 0.15) is 5.60 Å². The van der Waals surface area contributed by atoms with Gasteiger partial charge < -0.3 is 10.5 Å². The van der Waals surface area contributed by atoms with Crippen molar-refractivity contribution in [3.05, 3.63) is 34.9 Å². The van der Waals surface area contributed by atoms with Gasteiger partial charge in [0.2, 0.25) is 0 Å². The molecule has 0 spiro atoms.